The Labute approximate surface area is 145 Å². The first-order valence-electron chi connectivity index (χ1n) is 6.62. The molecule has 2 aromatic rings. The maximum absolute atomic E-state index is 12.4. The topological polar surface area (TPSA) is 72.2 Å². The van der Waals surface area contributed by atoms with Crippen molar-refractivity contribution < 1.29 is 8.42 Å². The Balaban J connectivity index is 0.00000176. The summed E-state index contributed by atoms with van der Waals surface area (Å²) in [5.41, 5.74) is 8.65. The number of fused-ring (bicyclic) bond motifs is 1. The van der Waals surface area contributed by atoms with E-state index in [1.807, 2.05) is 18.2 Å². The normalized spacial score (nSPS) is 17.6. The van der Waals surface area contributed by atoms with Gasteiger partial charge in [-0.05, 0) is 54.7 Å². The second kappa shape index (κ2) is 6.76. The van der Waals surface area contributed by atoms with E-state index >= 15 is 0 Å². The van der Waals surface area contributed by atoms with Gasteiger partial charge in [-0.25, -0.2) is 13.1 Å². The number of benzene rings is 1. The Bertz CT molecular complexity index is 775. The van der Waals surface area contributed by atoms with Crippen molar-refractivity contribution in [3.8, 4) is 0 Å². The minimum Gasteiger partial charge on any atom is -0.399 e. The van der Waals surface area contributed by atoms with Gasteiger partial charge in [-0.15, -0.1) is 23.7 Å². The lowest BCUT2D eigenvalue weighted by atomic mass is 9.88. The number of aryl methyl sites for hydroxylation is 1. The van der Waals surface area contributed by atoms with E-state index < -0.39 is 10.0 Å². The summed E-state index contributed by atoms with van der Waals surface area (Å²) in [5.74, 6) is 0. The predicted octanol–water partition coefficient (Wildman–Crippen LogP) is 3.76. The van der Waals surface area contributed by atoms with Gasteiger partial charge in [0.15, 0.2) is 0 Å². The number of halogens is 2. The molecule has 1 atom stereocenters. The van der Waals surface area contributed by atoms with E-state index in [0.717, 1.165) is 41.7 Å². The van der Waals surface area contributed by atoms with Gasteiger partial charge in [-0.3, -0.25) is 0 Å². The van der Waals surface area contributed by atoms with Crippen LogP contribution in [-0.4, -0.2) is 8.42 Å². The number of nitrogens with one attached hydrogen (secondary N) is 1. The largest absolute Gasteiger partial charge is 0.399 e. The van der Waals surface area contributed by atoms with Crippen molar-refractivity contribution in [3.63, 3.8) is 0 Å². The van der Waals surface area contributed by atoms with Gasteiger partial charge in [0.25, 0.3) is 10.0 Å². The molecule has 4 nitrogen and oxygen atoms in total. The van der Waals surface area contributed by atoms with Crippen molar-refractivity contribution in [2.24, 2.45) is 0 Å². The lowest BCUT2D eigenvalue weighted by Gasteiger charge is -2.26. The third-order valence-corrected chi connectivity index (χ3v) is 6.79. The molecule has 0 aliphatic heterocycles. The first kappa shape index (κ1) is 17.6. The lowest BCUT2D eigenvalue weighted by Crippen LogP contribution is -2.30. The van der Waals surface area contributed by atoms with Gasteiger partial charge in [-0.1, -0.05) is 17.7 Å². The number of hydrogen-bond acceptors (Lipinski definition) is 4. The molecule has 1 aliphatic rings. The van der Waals surface area contributed by atoms with Crippen LogP contribution in [-0.2, 0) is 16.4 Å². The van der Waals surface area contributed by atoms with Crippen LogP contribution >= 0.6 is 35.3 Å². The highest BCUT2D eigenvalue weighted by Gasteiger charge is 2.26. The molecular formula is C14H16Cl2N2O2S2. The summed E-state index contributed by atoms with van der Waals surface area (Å²) in [7, 11) is -3.54. The number of hydrogen-bond donors (Lipinski definition) is 2. The van der Waals surface area contributed by atoms with Crippen molar-refractivity contribution in [1.29, 1.82) is 0 Å². The number of rotatable bonds is 3. The second-order valence-corrected chi connectivity index (χ2v) is 8.74. The first-order chi connectivity index (χ1) is 9.95. The fraction of sp³-hybridized carbons (Fsp3) is 0.286. The van der Waals surface area contributed by atoms with E-state index in [-0.39, 0.29) is 22.7 Å². The third kappa shape index (κ3) is 3.58. The molecule has 0 amide bonds. The Kier molecular flexibility index (Phi) is 5.40. The molecule has 3 N–H and O–H groups in total. The van der Waals surface area contributed by atoms with Crippen LogP contribution in [0.3, 0.4) is 0 Å². The molecule has 0 radical (unpaired) electrons. The average Bonchev–Trinajstić information content (AvgIpc) is 2.86. The maximum atomic E-state index is 12.4. The lowest BCUT2D eigenvalue weighted by molar-refractivity contribution is 0.508. The van der Waals surface area contributed by atoms with Crippen LogP contribution in [0.15, 0.2) is 34.5 Å². The summed E-state index contributed by atoms with van der Waals surface area (Å²) < 4.78 is 28.3. The van der Waals surface area contributed by atoms with Crippen LogP contribution in [0.4, 0.5) is 5.69 Å². The Morgan fingerprint density at radius 1 is 1.27 bits per heavy atom. The van der Waals surface area contributed by atoms with Gasteiger partial charge in [0.2, 0.25) is 0 Å². The highest BCUT2D eigenvalue weighted by molar-refractivity contribution is 7.91. The van der Waals surface area contributed by atoms with Gasteiger partial charge in [0.1, 0.15) is 4.21 Å². The monoisotopic (exact) mass is 378 g/mol. The molecule has 1 unspecified atom stereocenters. The molecule has 3 rings (SSSR count). The third-order valence-electron chi connectivity index (χ3n) is 3.59. The van der Waals surface area contributed by atoms with E-state index in [9.17, 15) is 8.42 Å². The Hall–Kier alpha value is -0.790. The second-order valence-electron chi connectivity index (χ2n) is 5.08. The smallest absolute Gasteiger partial charge is 0.250 e. The fourth-order valence-electron chi connectivity index (χ4n) is 2.64. The van der Waals surface area contributed by atoms with E-state index in [0.29, 0.717) is 10.0 Å². The molecule has 0 fully saturated rings. The Morgan fingerprint density at radius 3 is 2.73 bits per heavy atom. The number of nitrogen functional groups attached to an aromatic ring is 1. The molecule has 0 saturated heterocycles. The standard InChI is InChI=1S/C14H15ClN2O2S2.ClH/c15-13-6-7-14(20-13)21(18,19)17-12-3-1-2-9-8-10(16)4-5-11(9)12;/h4-8,12,17H,1-3,16H2;1H. The number of sulfonamides is 1. The molecule has 1 heterocycles. The SMILES string of the molecule is Cl.Nc1ccc2c(c1)CCCC2NS(=O)(=O)c1ccc(Cl)s1. The van der Waals surface area contributed by atoms with Crippen molar-refractivity contribution in [1.82, 2.24) is 4.72 Å². The van der Waals surface area contributed by atoms with Gasteiger partial charge >= 0.3 is 0 Å². The molecule has 1 aromatic heterocycles. The maximum Gasteiger partial charge on any atom is 0.250 e. The molecule has 0 bridgehead atoms. The van der Waals surface area contributed by atoms with Crippen molar-refractivity contribution >= 4 is 51.1 Å². The molecule has 0 saturated carbocycles. The van der Waals surface area contributed by atoms with E-state index in [1.54, 1.807) is 6.07 Å². The molecule has 0 spiro atoms. The van der Waals surface area contributed by atoms with Gasteiger partial charge in [0, 0.05) is 11.7 Å². The summed E-state index contributed by atoms with van der Waals surface area (Å²) in [5, 5.41) is 0. The van der Waals surface area contributed by atoms with Gasteiger partial charge < -0.3 is 5.73 Å². The van der Waals surface area contributed by atoms with Crippen LogP contribution in [0, 0.1) is 0 Å². The highest BCUT2D eigenvalue weighted by Crippen LogP contribution is 2.33. The minimum absolute atomic E-state index is 0. The van der Waals surface area contributed by atoms with Crippen molar-refractivity contribution in [3.05, 3.63) is 45.8 Å². The fourth-order valence-corrected chi connectivity index (χ4v) is 5.39. The van der Waals surface area contributed by atoms with Crippen LogP contribution in [0.2, 0.25) is 4.34 Å². The zero-order valence-electron chi connectivity index (χ0n) is 11.6. The minimum atomic E-state index is -3.54. The summed E-state index contributed by atoms with van der Waals surface area (Å²) in [6.45, 7) is 0. The molecular weight excluding hydrogens is 363 g/mol. The quantitative estimate of drug-likeness (QED) is 0.798. The number of anilines is 1. The summed E-state index contributed by atoms with van der Waals surface area (Å²) >= 11 is 6.88. The molecule has 22 heavy (non-hydrogen) atoms. The summed E-state index contributed by atoms with van der Waals surface area (Å²) in [6, 6.07) is 8.57. The average molecular weight is 379 g/mol. The molecule has 1 aliphatic carbocycles. The van der Waals surface area contributed by atoms with E-state index in [4.69, 9.17) is 17.3 Å². The predicted molar refractivity (Wildman–Crippen MR) is 93.4 cm³/mol. The first-order valence-corrected chi connectivity index (χ1v) is 9.29. The summed E-state index contributed by atoms with van der Waals surface area (Å²) in [4.78, 5) is 0. The molecule has 120 valence electrons. The van der Waals surface area contributed by atoms with Crippen LogP contribution < -0.4 is 10.5 Å². The van der Waals surface area contributed by atoms with Gasteiger partial charge in [-0.2, -0.15) is 0 Å². The Morgan fingerprint density at radius 2 is 2.05 bits per heavy atom. The highest BCUT2D eigenvalue weighted by atomic mass is 35.5. The van der Waals surface area contributed by atoms with Gasteiger partial charge in [0.05, 0.1) is 4.34 Å². The van der Waals surface area contributed by atoms with E-state index in [1.165, 1.54) is 6.07 Å². The van der Waals surface area contributed by atoms with Crippen molar-refractivity contribution in [2.45, 2.75) is 29.5 Å². The zero-order chi connectivity index (χ0) is 15.0. The molecule has 8 heteroatoms. The van der Waals surface area contributed by atoms with Crippen LogP contribution in [0.5, 0.6) is 0 Å². The number of thiophene rings is 1. The van der Waals surface area contributed by atoms with E-state index in [2.05, 4.69) is 4.72 Å². The zero-order valence-corrected chi connectivity index (χ0v) is 14.8. The van der Waals surface area contributed by atoms with Crippen LogP contribution in [0.25, 0.3) is 0 Å². The molecule has 1 aromatic carbocycles. The summed E-state index contributed by atoms with van der Waals surface area (Å²) in [6.07, 6.45) is 2.66. The number of nitrogens with two attached hydrogens (primary N) is 1. The van der Waals surface area contributed by atoms with Crippen LogP contribution in [0.1, 0.15) is 30.0 Å². The van der Waals surface area contributed by atoms with Crippen molar-refractivity contribution in [2.75, 3.05) is 5.73 Å².